The van der Waals surface area contributed by atoms with E-state index >= 15 is 0 Å². The molecule has 1 heterocycles. The largest absolute Gasteiger partial charge is 0.351 e. The van der Waals surface area contributed by atoms with Crippen LogP contribution < -0.4 is 16.0 Å². The molecule has 1 atom stereocenters. The van der Waals surface area contributed by atoms with Crippen molar-refractivity contribution in [3.63, 3.8) is 0 Å². The fourth-order valence-electron chi connectivity index (χ4n) is 4.24. The molecule has 0 aromatic heterocycles. The van der Waals surface area contributed by atoms with Gasteiger partial charge >= 0.3 is 0 Å². The monoisotopic (exact) mass is 459 g/mol. The SMILES string of the molecule is O=C(NC1CCNCC1)[C@H](Cc1ccccc1)NC(=O)C1(c2ccc(Cl)cc2Cl)CC1. The van der Waals surface area contributed by atoms with Gasteiger partial charge in [0.15, 0.2) is 0 Å². The van der Waals surface area contributed by atoms with Crippen LogP contribution in [0.25, 0.3) is 0 Å². The third-order valence-corrected chi connectivity index (χ3v) is 6.77. The summed E-state index contributed by atoms with van der Waals surface area (Å²) in [5, 5.41) is 10.5. The summed E-state index contributed by atoms with van der Waals surface area (Å²) < 4.78 is 0. The first-order chi connectivity index (χ1) is 15.0. The van der Waals surface area contributed by atoms with Crippen LogP contribution >= 0.6 is 23.2 Å². The lowest BCUT2D eigenvalue weighted by atomic mass is 9.93. The highest BCUT2D eigenvalue weighted by Crippen LogP contribution is 2.51. The minimum absolute atomic E-state index is 0.129. The number of benzene rings is 2. The highest BCUT2D eigenvalue weighted by atomic mass is 35.5. The first kappa shape index (κ1) is 22.1. The van der Waals surface area contributed by atoms with Gasteiger partial charge in [-0.1, -0.05) is 59.6 Å². The highest BCUT2D eigenvalue weighted by Gasteiger charge is 2.53. The molecule has 164 valence electrons. The Bertz CT molecular complexity index is 941. The molecule has 4 rings (SSSR count). The molecule has 0 bridgehead atoms. The lowest BCUT2D eigenvalue weighted by Gasteiger charge is -2.28. The number of carbonyl (C=O) groups is 2. The van der Waals surface area contributed by atoms with Crippen LogP contribution in [0.5, 0.6) is 0 Å². The zero-order valence-corrected chi connectivity index (χ0v) is 18.8. The number of nitrogens with one attached hydrogen (secondary N) is 3. The van der Waals surface area contributed by atoms with E-state index in [4.69, 9.17) is 23.2 Å². The first-order valence-corrected chi connectivity index (χ1v) is 11.5. The molecule has 31 heavy (non-hydrogen) atoms. The lowest BCUT2D eigenvalue weighted by Crippen LogP contribution is -2.54. The molecule has 1 saturated heterocycles. The Morgan fingerprint density at radius 3 is 2.42 bits per heavy atom. The molecular formula is C24H27Cl2N3O2. The number of amides is 2. The van der Waals surface area contributed by atoms with Crippen LogP contribution in [0.3, 0.4) is 0 Å². The summed E-state index contributed by atoms with van der Waals surface area (Å²) in [7, 11) is 0. The lowest BCUT2D eigenvalue weighted by molar-refractivity contribution is -0.130. The number of piperidine rings is 1. The smallest absolute Gasteiger partial charge is 0.243 e. The van der Waals surface area contributed by atoms with E-state index in [0.717, 1.165) is 37.1 Å². The van der Waals surface area contributed by atoms with Gasteiger partial charge in [-0.3, -0.25) is 9.59 Å². The predicted molar refractivity (Wildman–Crippen MR) is 123 cm³/mol. The van der Waals surface area contributed by atoms with Crippen LogP contribution in [0.15, 0.2) is 48.5 Å². The minimum Gasteiger partial charge on any atom is -0.351 e. The molecule has 7 heteroatoms. The van der Waals surface area contributed by atoms with Crippen LogP contribution in [0.1, 0.15) is 36.8 Å². The van der Waals surface area contributed by atoms with Crippen molar-refractivity contribution in [3.8, 4) is 0 Å². The summed E-state index contributed by atoms with van der Waals surface area (Å²) in [6.07, 6.45) is 3.63. The molecule has 2 aromatic carbocycles. The Balaban J connectivity index is 1.51. The van der Waals surface area contributed by atoms with E-state index in [2.05, 4.69) is 16.0 Å². The number of hydrogen-bond donors (Lipinski definition) is 3. The topological polar surface area (TPSA) is 70.2 Å². The van der Waals surface area contributed by atoms with E-state index in [1.807, 2.05) is 36.4 Å². The second kappa shape index (κ2) is 9.60. The molecule has 2 aromatic rings. The van der Waals surface area contributed by atoms with E-state index in [1.165, 1.54) is 0 Å². The van der Waals surface area contributed by atoms with E-state index in [9.17, 15) is 9.59 Å². The van der Waals surface area contributed by atoms with E-state index in [1.54, 1.807) is 12.1 Å². The maximum Gasteiger partial charge on any atom is 0.243 e. The molecule has 0 spiro atoms. The van der Waals surface area contributed by atoms with Crippen molar-refractivity contribution < 1.29 is 9.59 Å². The molecule has 0 unspecified atom stereocenters. The average molecular weight is 460 g/mol. The molecule has 2 aliphatic rings. The zero-order chi connectivity index (χ0) is 21.8. The summed E-state index contributed by atoms with van der Waals surface area (Å²) in [6, 6.07) is 14.5. The molecule has 1 aliphatic heterocycles. The first-order valence-electron chi connectivity index (χ1n) is 10.8. The fourth-order valence-corrected chi connectivity index (χ4v) is 4.83. The van der Waals surface area contributed by atoms with Gasteiger partial charge in [0, 0.05) is 22.5 Å². The zero-order valence-electron chi connectivity index (χ0n) is 17.3. The Morgan fingerprint density at radius 1 is 1.06 bits per heavy atom. The molecule has 0 radical (unpaired) electrons. The van der Waals surface area contributed by atoms with E-state index < -0.39 is 11.5 Å². The van der Waals surface area contributed by atoms with Crippen molar-refractivity contribution in [1.82, 2.24) is 16.0 Å². The van der Waals surface area contributed by atoms with Crippen LogP contribution in [0.2, 0.25) is 10.0 Å². The summed E-state index contributed by atoms with van der Waals surface area (Å²) in [6.45, 7) is 1.78. The maximum absolute atomic E-state index is 13.4. The molecule has 5 nitrogen and oxygen atoms in total. The number of hydrogen-bond acceptors (Lipinski definition) is 3. The van der Waals surface area contributed by atoms with Gasteiger partial charge in [-0.25, -0.2) is 0 Å². The highest BCUT2D eigenvalue weighted by molar-refractivity contribution is 6.35. The van der Waals surface area contributed by atoms with Crippen molar-refractivity contribution in [2.75, 3.05) is 13.1 Å². The van der Waals surface area contributed by atoms with Crippen molar-refractivity contribution in [2.45, 2.75) is 49.6 Å². The molecular weight excluding hydrogens is 433 g/mol. The van der Waals surface area contributed by atoms with Gasteiger partial charge in [0.1, 0.15) is 6.04 Å². The van der Waals surface area contributed by atoms with Gasteiger partial charge in [0.25, 0.3) is 0 Å². The Hall–Kier alpha value is -2.08. The molecule has 2 amide bonds. The summed E-state index contributed by atoms with van der Waals surface area (Å²) in [4.78, 5) is 26.5. The summed E-state index contributed by atoms with van der Waals surface area (Å²) in [5.41, 5.74) is 1.09. The van der Waals surface area contributed by atoms with E-state index in [-0.39, 0.29) is 17.9 Å². The van der Waals surface area contributed by atoms with Crippen molar-refractivity contribution in [3.05, 3.63) is 69.7 Å². The number of rotatable bonds is 7. The Labute approximate surface area is 192 Å². The van der Waals surface area contributed by atoms with E-state index in [0.29, 0.717) is 29.3 Å². The normalized spacial score (nSPS) is 18.8. The van der Waals surface area contributed by atoms with Crippen LogP contribution in [-0.4, -0.2) is 37.0 Å². The van der Waals surface area contributed by atoms with Crippen LogP contribution in [0.4, 0.5) is 0 Å². The van der Waals surface area contributed by atoms with Gasteiger partial charge in [-0.15, -0.1) is 0 Å². The van der Waals surface area contributed by atoms with Crippen LogP contribution in [0, 0.1) is 0 Å². The second-order valence-electron chi connectivity index (χ2n) is 8.45. The van der Waals surface area contributed by atoms with Crippen molar-refractivity contribution in [2.24, 2.45) is 0 Å². The van der Waals surface area contributed by atoms with Crippen molar-refractivity contribution in [1.29, 1.82) is 0 Å². The third-order valence-electron chi connectivity index (χ3n) is 6.22. The van der Waals surface area contributed by atoms with Gasteiger partial charge in [-0.05, 0) is 62.0 Å². The molecule has 1 saturated carbocycles. The maximum atomic E-state index is 13.4. The average Bonchev–Trinajstić information content (AvgIpc) is 3.56. The molecule has 2 fully saturated rings. The minimum atomic E-state index is -0.689. The summed E-state index contributed by atoms with van der Waals surface area (Å²) >= 11 is 12.4. The standard InChI is InChI=1S/C24H27Cl2N3O2/c25-17-6-7-19(20(26)15-17)24(10-11-24)23(31)29-21(14-16-4-2-1-3-5-16)22(30)28-18-8-12-27-13-9-18/h1-7,15,18,21,27H,8-14H2,(H,28,30)(H,29,31)/t21-/m0/s1. The van der Waals surface area contributed by atoms with Gasteiger partial charge in [0.2, 0.25) is 11.8 Å². The van der Waals surface area contributed by atoms with Gasteiger partial charge < -0.3 is 16.0 Å². The van der Waals surface area contributed by atoms with Crippen molar-refractivity contribution >= 4 is 35.0 Å². The fraction of sp³-hybridized carbons (Fsp3) is 0.417. The third kappa shape index (κ3) is 5.22. The number of halogens is 2. The summed E-state index contributed by atoms with van der Waals surface area (Å²) in [5.74, 6) is -0.291. The van der Waals surface area contributed by atoms with Gasteiger partial charge in [-0.2, -0.15) is 0 Å². The number of carbonyl (C=O) groups excluding carboxylic acids is 2. The van der Waals surface area contributed by atoms with Crippen LogP contribution in [-0.2, 0) is 21.4 Å². The Kier molecular flexibility index (Phi) is 6.85. The molecule has 1 aliphatic carbocycles. The van der Waals surface area contributed by atoms with Gasteiger partial charge in [0.05, 0.1) is 5.41 Å². The quantitative estimate of drug-likeness (QED) is 0.591. The second-order valence-corrected chi connectivity index (χ2v) is 9.30. The molecule has 3 N–H and O–H groups in total. The predicted octanol–water partition coefficient (Wildman–Crippen LogP) is 3.62. The Morgan fingerprint density at radius 2 is 1.77 bits per heavy atom.